The third-order valence-corrected chi connectivity index (χ3v) is 1.76. The quantitative estimate of drug-likeness (QED) is 0.625. The van der Waals surface area contributed by atoms with Crippen LogP contribution in [-0.4, -0.2) is 9.38 Å². The predicted octanol–water partition coefficient (Wildman–Crippen LogP) is 0.0863. The SMILES string of the molecule is NCc1cn2ccc(=O)cc2[nH]1. The Labute approximate surface area is 68.6 Å². The fourth-order valence-electron chi connectivity index (χ4n) is 1.17. The van der Waals surface area contributed by atoms with Crippen molar-refractivity contribution in [2.45, 2.75) is 6.54 Å². The molecule has 0 amide bonds. The molecule has 0 saturated carbocycles. The van der Waals surface area contributed by atoms with E-state index in [4.69, 9.17) is 5.73 Å². The van der Waals surface area contributed by atoms with Crippen molar-refractivity contribution < 1.29 is 0 Å². The van der Waals surface area contributed by atoms with Crippen molar-refractivity contribution >= 4 is 5.65 Å². The molecule has 2 heterocycles. The first-order valence-electron chi connectivity index (χ1n) is 3.69. The number of nitrogens with one attached hydrogen (secondary N) is 1. The predicted molar refractivity (Wildman–Crippen MR) is 45.9 cm³/mol. The molecule has 0 aromatic carbocycles. The Bertz CT molecular complexity index is 455. The standard InChI is InChI=1S/C8H9N3O/c9-4-6-5-11-2-1-7(12)3-8(11)10-6/h1-3,5,10H,4,9H2. The van der Waals surface area contributed by atoms with E-state index in [1.807, 2.05) is 10.6 Å². The number of H-pyrrole nitrogens is 1. The average molecular weight is 163 g/mol. The van der Waals surface area contributed by atoms with E-state index in [2.05, 4.69) is 4.98 Å². The summed E-state index contributed by atoms with van der Waals surface area (Å²) in [6.45, 7) is 0.454. The number of fused-ring (bicyclic) bond motifs is 1. The second-order valence-corrected chi connectivity index (χ2v) is 2.64. The minimum Gasteiger partial charge on any atom is -0.342 e. The van der Waals surface area contributed by atoms with Crippen molar-refractivity contribution in [2.75, 3.05) is 0 Å². The van der Waals surface area contributed by atoms with E-state index in [1.54, 1.807) is 12.3 Å². The van der Waals surface area contributed by atoms with E-state index >= 15 is 0 Å². The van der Waals surface area contributed by atoms with Crippen LogP contribution in [0.15, 0.2) is 29.3 Å². The van der Waals surface area contributed by atoms with Gasteiger partial charge in [0.05, 0.1) is 0 Å². The van der Waals surface area contributed by atoms with Gasteiger partial charge in [-0.25, -0.2) is 0 Å². The molecule has 0 aliphatic carbocycles. The molecule has 0 aliphatic rings. The van der Waals surface area contributed by atoms with Gasteiger partial charge in [-0.3, -0.25) is 4.79 Å². The van der Waals surface area contributed by atoms with Gasteiger partial charge in [-0.15, -0.1) is 0 Å². The first kappa shape index (κ1) is 7.12. The fourth-order valence-corrected chi connectivity index (χ4v) is 1.17. The summed E-state index contributed by atoms with van der Waals surface area (Å²) >= 11 is 0. The highest BCUT2D eigenvalue weighted by atomic mass is 16.1. The lowest BCUT2D eigenvalue weighted by Gasteiger charge is -1.87. The molecule has 0 aliphatic heterocycles. The van der Waals surface area contributed by atoms with Crippen LogP contribution in [0.4, 0.5) is 0 Å². The van der Waals surface area contributed by atoms with Crippen LogP contribution in [0.3, 0.4) is 0 Å². The van der Waals surface area contributed by atoms with Crippen molar-refractivity contribution in [3.8, 4) is 0 Å². The number of pyridine rings is 1. The van der Waals surface area contributed by atoms with Gasteiger partial charge in [-0.05, 0) is 0 Å². The van der Waals surface area contributed by atoms with Gasteiger partial charge < -0.3 is 15.1 Å². The molecule has 0 radical (unpaired) electrons. The molecule has 3 N–H and O–H groups in total. The van der Waals surface area contributed by atoms with E-state index in [9.17, 15) is 4.79 Å². The van der Waals surface area contributed by atoms with Crippen molar-refractivity contribution in [1.29, 1.82) is 0 Å². The molecule has 2 aromatic rings. The molecule has 0 unspecified atom stereocenters. The van der Waals surface area contributed by atoms with Crippen LogP contribution in [0.5, 0.6) is 0 Å². The summed E-state index contributed by atoms with van der Waals surface area (Å²) in [6.07, 6.45) is 3.59. The third kappa shape index (κ3) is 1.02. The summed E-state index contributed by atoms with van der Waals surface area (Å²) in [7, 11) is 0. The van der Waals surface area contributed by atoms with E-state index in [-0.39, 0.29) is 5.43 Å². The Balaban J connectivity index is 2.75. The van der Waals surface area contributed by atoms with Crippen LogP contribution in [0.2, 0.25) is 0 Å². The Morgan fingerprint density at radius 2 is 2.42 bits per heavy atom. The normalized spacial score (nSPS) is 10.8. The minimum atomic E-state index is 0.000390. The molecule has 0 bridgehead atoms. The molecule has 0 saturated heterocycles. The van der Waals surface area contributed by atoms with E-state index in [0.717, 1.165) is 11.3 Å². The Hall–Kier alpha value is -1.55. The summed E-state index contributed by atoms with van der Waals surface area (Å²) < 4.78 is 1.84. The lowest BCUT2D eigenvalue weighted by Crippen LogP contribution is -1.97. The zero-order valence-corrected chi connectivity index (χ0v) is 6.45. The number of nitrogens with zero attached hydrogens (tertiary/aromatic N) is 1. The van der Waals surface area contributed by atoms with Crippen LogP contribution in [-0.2, 0) is 6.54 Å². The van der Waals surface area contributed by atoms with E-state index in [0.29, 0.717) is 6.54 Å². The fraction of sp³-hybridized carbons (Fsp3) is 0.125. The van der Waals surface area contributed by atoms with Gasteiger partial charge in [-0.2, -0.15) is 0 Å². The van der Waals surface area contributed by atoms with E-state index in [1.165, 1.54) is 6.07 Å². The monoisotopic (exact) mass is 163 g/mol. The lowest BCUT2D eigenvalue weighted by atomic mass is 10.5. The highest BCUT2D eigenvalue weighted by Gasteiger charge is 1.96. The number of hydrogen-bond acceptors (Lipinski definition) is 2. The molecular formula is C8H9N3O. The summed E-state index contributed by atoms with van der Waals surface area (Å²) in [5.74, 6) is 0. The maximum atomic E-state index is 10.9. The van der Waals surface area contributed by atoms with Crippen LogP contribution in [0, 0.1) is 0 Å². The molecule has 0 atom stereocenters. The van der Waals surface area contributed by atoms with Crippen LogP contribution < -0.4 is 11.2 Å². The summed E-state index contributed by atoms with van der Waals surface area (Å²) in [5.41, 5.74) is 7.13. The highest BCUT2D eigenvalue weighted by Crippen LogP contribution is 2.00. The first-order valence-corrected chi connectivity index (χ1v) is 3.69. The van der Waals surface area contributed by atoms with Gasteiger partial charge in [0.2, 0.25) is 0 Å². The number of imidazole rings is 1. The molecule has 62 valence electrons. The number of aromatic nitrogens is 2. The average Bonchev–Trinajstić information content (AvgIpc) is 2.46. The Morgan fingerprint density at radius 1 is 1.58 bits per heavy atom. The maximum Gasteiger partial charge on any atom is 0.183 e. The lowest BCUT2D eigenvalue weighted by molar-refractivity contribution is 1.02. The van der Waals surface area contributed by atoms with Crippen LogP contribution >= 0.6 is 0 Å². The molecule has 2 aromatic heterocycles. The molecular weight excluding hydrogens is 154 g/mol. The van der Waals surface area contributed by atoms with Crippen molar-refractivity contribution in [1.82, 2.24) is 9.38 Å². The highest BCUT2D eigenvalue weighted by molar-refractivity contribution is 5.39. The van der Waals surface area contributed by atoms with Gasteiger partial charge in [0.1, 0.15) is 5.65 Å². The Morgan fingerprint density at radius 3 is 3.17 bits per heavy atom. The van der Waals surface area contributed by atoms with Crippen LogP contribution in [0.1, 0.15) is 5.69 Å². The largest absolute Gasteiger partial charge is 0.342 e. The number of rotatable bonds is 1. The first-order chi connectivity index (χ1) is 5.79. The van der Waals surface area contributed by atoms with Gasteiger partial charge in [0.15, 0.2) is 5.43 Å². The molecule has 0 fully saturated rings. The third-order valence-electron chi connectivity index (χ3n) is 1.76. The van der Waals surface area contributed by atoms with E-state index < -0.39 is 0 Å². The smallest absolute Gasteiger partial charge is 0.183 e. The molecule has 4 nitrogen and oxygen atoms in total. The van der Waals surface area contributed by atoms with Crippen molar-refractivity contribution in [3.63, 3.8) is 0 Å². The summed E-state index contributed by atoms with van der Waals surface area (Å²) in [4.78, 5) is 13.9. The van der Waals surface area contributed by atoms with Gasteiger partial charge in [-0.1, -0.05) is 0 Å². The zero-order chi connectivity index (χ0) is 8.55. The Kier molecular flexibility index (Phi) is 1.48. The molecule has 4 heteroatoms. The molecule has 12 heavy (non-hydrogen) atoms. The maximum absolute atomic E-state index is 10.9. The number of nitrogens with two attached hydrogens (primary N) is 1. The van der Waals surface area contributed by atoms with Gasteiger partial charge in [0.25, 0.3) is 0 Å². The van der Waals surface area contributed by atoms with Gasteiger partial charge >= 0.3 is 0 Å². The minimum absolute atomic E-state index is 0.000390. The molecule has 2 rings (SSSR count). The van der Waals surface area contributed by atoms with Crippen LogP contribution in [0.25, 0.3) is 5.65 Å². The zero-order valence-electron chi connectivity index (χ0n) is 6.45. The van der Waals surface area contributed by atoms with Crippen molar-refractivity contribution in [3.05, 3.63) is 40.4 Å². The summed E-state index contributed by atoms with van der Waals surface area (Å²) in [5, 5.41) is 0. The topological polar surface area (TPSA) is 63.3 Å². The van der Waals surface area contributed by atoms with Gasteiger partial charge in [0, 0.05) is 36.8 Å². The molecule has 0 spiro atoms. The number of hydrogen-bond donors (Lipinski definition) is 2. The number of aromatic amines is 1. The second kappa shape index (κ2) is 2.49. The summed E-state index contributed by atoms with van der Waals surface area (Å²) in [6, 6.07) is 3.06. The van der Waals surface area contributed by atoms with Crippen molar-refractivity contribution in [2.24, 2.45) is 5.73 Å². The second-order valence-electron chi connectivity index (χ2n) is 2.64.